The van der Waals surface area contributed by atoms with Gasteiger partial charge in [0.1, 0.15) is 0 Å². The Bertz CT molecular complexity index is 377. The van der Waals surface area contributed by atoms with E-state index in [1.54, 1.807) is 0 Å². The highest BCUT2D eigenvalue weighted by Crippen LogP contribution is 2.32. The van der Waals surface area contributed by atoms with Crippen LogP contribution in [0, 0.1) is 6.92 Å². The molecule has 1 N–H and O–H groups in total. The van der Waals surface area contributed by atoms with E-state index >= 15 is 0 Å². The number of hydrogen-bond donors (Lipinski definition) is 1. The molecule has 0 radical (unpaired) electrons. The van der Waals surface area contributed by atoms with Crippen molar-refractivity contribution in [3.05, 3.63) is 41.0 Å². The lowest BCUT2D eigenvalue weighted by molar-refractivity contribution is 0.324. The molecule has 0 amide bonds. The highest BCUT2D eigenvalue weighted by atomic mass is 16.3. The number of benzene rings is 1. The van der Waals surface area contributed by atoms with Gasteiger partial charge in [-0.2, -0.15) is 0 Å². The molecule has 2 rings (SSSR count). The topological polar surface area (TPSA) is 20.2 Å². The molecule has 0 saturated heterocycles. The summed E-state index contributed by atoms with van der Waals surface area (Å²) in [5.74, 6) is 0. The Balaban J connectivity index is 2.39. The number of allylic oxidation sites excluding steroid dienone is 1. The van der Waals surface area contributed by atoms with Crippen LogP contribution in [-0.2, 0) is 0 Å². The van der Waals surface area contributed by atoms with E-state index in [0.29, 0.717) is 0 Å². The molecule has 1 aromatic carbocycles. The molecule has 0 saturated carbocycles. The summed E-state index contributed by atoms with van der Waals surface area (Å²) in [4.78, 5) is 0. The van der Waals surface area contributed by atoms with Crippen molar-refractivity contribution >= 4 is 5.57 Å². The first-order valence-electron chi connectivity index (χ1n) is 5.70. The van der Waals surface area contributed by atoms with Gasteiger partial charge in [0.05, 0.1) is 6.61 Å². The Kier molecular flexibility index (Phi) is 3.22. The number of rotatable bonds is 2. The van der Waals surface area contributed by atoms with Crippen molar-refractivity contribution in [3.8, 4) is 0 Å². The molecule has 1 aliphatic carbocycles. The molecule has 0 fully saturated rings. The summed E-state index contributed by atoms with van der Waals surface area (Å²) in [6.07, 6.45) is 4.68. The highest BCUT2D eigenvalue weighted by Gasteiger charge is 2.13. The first kappa shape index (κ1) is 10.4. The van der Waals surface area contributed by atoms with Crippen LogP contribution >= 0.6 is 0 Å². The smallest absolute Gasteiger partial charge is 0.0647 e. The fourth-order valence-corrected chi connectivity index (χ4v) is 2.32. The maximum Gasteiger partial charge on any atom is 0.0647 e. The third kappa shape index (κ3) is 2.29. The molecule has 1 heteroatoms. The largest absolute Gasteiger partial charge is 0.392 e. The van der Waals surface area contributed by atoms with E-state index in [1.165, 1.54) is 35.1 Å². The van der Waals surface area contributed by atoms with Crippen LogP contribution in [0.3, 0.4) is 0 Å². The lowest BCUT2D eigenvalue weighted by Crippen LogP contribution is -2.03. The minimum atomic E-state index is 0.225. The molecule has 15 heavy (non-hydrogen) atoms. The molecule has 0 aliphatic heterocycles. The second-order valence-electron chi connectivity index (χ2n) is 4.32. The average Bonchev–Trinajstić information content (AvgIpc) is 2.29. The van der Waals surface area contributed by atoms with Crippen molar-refractivity contribution in [1.29, 1.82) is 0 Å². The highest BCUT2D eigenvalue weighted by molar-refractivity contribution is 5.70. The molecule has 0 bridgehead atoms. The van der Waals surface area contributed by atoms with Crippen molar-refractivity contribution in [2.75, 3.05) is 6.61 Å². The molecule has 80 valence electrons. The van der Waals surface area contributed by atoms with E-state index in [4.69, 9.17) is 0 Å². The van der Waals surface area contributed by atoms with Crippen LogP contribution in [0.15, 0.2) is 29.8 Å². The maximum atomic E-state index is 9.33. The zero-order valence-corrected chi connectivity index (χ0v) is 9.29. The predicted octanol–water partition coefficient (Wildman–Crippen LogP) is 3.31. The fourth-order valence-electron chi connectivity index (χ4n) is 2.32. The molecule has 1 nitrogen and oxygen atoms in total. The number of aliphatic hydroxyl groups is 1. The Morgan fingerprint density at radius 1 is 1.20 bits per heavy atom. The molecular weight excluding hydrogens is 184 g/mol. The Morgan fingerprint density at radius 3 is 2.73 bits per heavy atom. The summed E-state index contributed by atoms with van der Waals surface area (Å²) in [5.41, 5.74) is 5.22. The van der Waals surface area contributed by atoms with E-state index in [1.807, 2.05) is 0 Å². The summed E-state index contributed by atoms with van der Waals surface area (Å²) in [5, 5.41) is 9.33. The van der Waals surface area contributed by atoms with Gasteiger partial charge in [0.2, 0.25) is 0 Å². The van der Waals surface area contributed by atoms with Crippen molar-refractivity contribution in [2.45, 2.75) is 32.6 Å². The molecule has 0 unspecified atom stereocenters. The minimum absolute atomic E-state index is 0.225. The third-order valence-electron chi connectivity index (χ3n) is 3.14. The van der Waals surface area contributed by atoms with E-state index in [-0.39, 0.29) is 6.61 Å². The van der Waals surface area contributed by atoms with Gasteiger partial charge < -0.3 is 5.11 Å². The van der Waals surface area contributed by atoms with Crippen LogP contribution in [-0.4, -0.2) is 11.7 Å². The average molecular weight is 202 g/mol. The van der Waals surface area contributed by atoms with E-state index < -0.39 is 0 Å². The Labute approximate surface area is 91.4 Å². The molecular formula is C14H18O. The second kappa shape index (κ2) is 4.63. The van der Waals surface area contributed by atoms with Crippen LogP contribution in [0.1, 0.15) is 36.8 Å². The van der Waals surface area contributed by atoms with E-state index in [0.717, 1.165) is 12.8 Å². The predicted molar refractivity (Wildman–Crippen MR) is 63.7 cm³/mol. The number of hydrogen-bond acceptors (Lipinski definition) is 1. The summed E-state index contributed by atoms with van der Waals surface area (Å²) in [7, 11) is 0. The number of aliphatic hydroxyl groups excluding tert-OH is 1. The van der Waals surface area contributed by atoms with Crippen molar-refractivity contribution in [3.63, 3.8) is 0 Å². The third-order valence-corrected chi connectivity index (χ3v) is 3.14. The van der Waals surface area contributed by atoms with Gasteiger partial charge in [-0.1, -0.05) is 29.8 Å². The van der Waals surface area contributed by atoms with Gasteiger partial charge in [-0.3, -0.25) is 0 Å². The van der Waals surface area contributed by atoms with Gasteiger partial charge in [-0.05, 0) is 49.3 Å². The molecule has 0 heterocycles. The van der Waals surface area contributed by atoms with Gasteiger partial charge in [-0.15, -0.1) is 0 Å². The SMILES string of the molecule is Cc1cccc(C2=C(CO)CCCC2)c1. The Hall–Kier alpha value is -1.08. The van der Waals surface area contributed by atoms with Gasteiger partial charge in [0, 0.05) is 0 Å². The summed E-state index contributed by atoms with van der Waals surface area (Å²) in [6.45, 7) is 2.34. The molecule has 1 aliphatic rings. The van der Waals surface area contributed by atoms with Gasteiger partial charge in [0.25, 0.3) is 0 Å². The van der Waals surface area contributed by atoms with E-state index in [2.05, 4.69) is 31.2 Å². The Morgan fingerprint density at radius 2 is 2.00 bits per heavy atom. The van der Waals surface area contributed by atoms with Crippen molar-refractivity contribution in [2.24, 2.45) is 0 Å². The molecule has 0 spiro atoms. The summed E-state index contributed by atoms with van der Waals surface area (Å²) in [6, 6.07) is 8.59. The standard InChI is InChI=1S/C14H18O/c1-11-5-4-7-12(9-11)14-8-3-2-6-13(14)10-15/h4-5,7,9,15H,2-3,6,8,10H2,1H3. The van der Waals surface area contributed by atoms with Crippen LogP contribution in [0.4, 0.5) is 0 Å². The second-order valence-corrected chi connectivity index (χ2v) is 4.32. The zero-order valence-electron chi connectivity index (χ0n) is 9.29. The van der Waals surface area contributed by atoms with Gasteiger partial charge >= 0.3 is 0 Å². The van der Waals surface area contributed by atoms with Gasteiger partial charge in [-0.25, -0.2) is 0 Å². The van der Waals surface area contributed by atoms with Crippen LogP contribution in [0.25, 0.3) is 5.57 Å². The first-order chi connectivity index (χ1) is 7.31. The zero-order chi connectivity index (χ0) is 10.7. The summed E-state index contributed by atoms with van der Waals surface area (Å²) < 4.78 is 0. The quantitative estimate of drug-likeness (QED) is 0.780. The monoisotopic (exact) mass is 202 g/mol. The lowest BCUT2D eigenvalue weighted by atomic mass is 9.87. The molecule has 0 atom stereocenters. The molecule has 0 aromatic heterocycles. The maximum absolute atomic E-state index is 9.33. The van der Waals surface area contributed by atoms with E-state index in [9.17, 15) is 5.11 Å². The molecule has 1 aromatic rings. The van der Waals surface area contributed by atoms with Crippen LogP contribution < -0.4 is 0 Å². The van der Waals surface area contributed by atoms with Crippen molar-refractivity contribution < 1.29 is 5.11 Å². The van der Waals surface area contributed by atoms with Crippen LogP contribution in [0.2, 0.25) is 0 Å². The van der Waals surface area contributed by atoms with Gasteiger partial charge in [0.15, 0.2) is 0 Å². The summed E-state index contributed by atoms with van der Waals surface area (Å²) >= 11 is 0. The fraction of sp³-hybridized carbons (Fsp3) is 0.429. The normalized spacial score (nSPS) is 16.9. The lowest BCUT2D eigenvalue weighted by Gasteiger charge is -2.19. The van der Waals surface area contributed by atoms with Crippen LogP contribution in [0.5, 0.6) is 0 Å². The number of aryl methyl sites for hydroxylation is 1. The first-order valence-corrected chi connectivity index (χ1v) is 5.70. The minimum Gasteiger partial charge on any atom is -0.392 e. The van der Waals surface area contributed by atoms with Crippen molar-refractivity contribution in [1.82, 2.24) is 0 Å².